The van der Waals surface area contributed by atoms with E-state index >= 15 is 0 Å². The molecule has 2 amide bonds. The summed E-state index contributed by atoms with van der Waals surface area (Å²) in [7, 11) is 4.86. The first-order valence-corrected chi connectivity index (χ1v) is 12.0. The van der Waals surface area contributed by atoms with Gasteiger partial charge in [0.25, 0.3) is 0 Å². The second-order valence-corrected chi connectivity index (χ2v) is 8.73. The van der Waals surface area contributed by atoms with Crippen molar-refractivity contribution in [3.8, 4) is 17.2 Å². The van der Waals surface area contributed by atoms with E-state index in [1.54, 1.807) is 40.4 Å². The molecular weight excluding hydrogens is 462 g/mol. The van der Waals surface area contributed by atoms with Gasteiger partial charge in [-0.2, -0.15) is 0 Å². The minimum Gasteiger partial charge on any atom is -0.497 e. The summed E-state index contributed by atoms with van der Waals surface area (Å²) in [5.74, 6) is 1.72. The van der Waals surface area contributed by atoms with Gasteiger partial charge in [-0.15, -0.1) is 0 Å². The Bertz CT molecular complexity index is 1130. The van der Waals surface area contributed by atoms with Crippen molar-refractivity contribution >= 4 is 12.0 Å². The van der Waals surface area contributed by atoms with E-state index in [-0.39, 0.29) is 12.6 Å². The molecule has 0 radical (unpaired) electrons. The zero-order chi connectivity index (χ0) is 25.7. The zero-order valence-electron chi connectivity index (χ0n) is 21.1. The van der Waals surface area contributed by atoms with Gasteiger partial charge in [0.15, 0.2) is 0 Å². The molecule has 1 unspecified atom stereocenters. The number of carbonyl (C=O) groups is 2. The lowest BCUT2D eigenvalue weighted by Gasteiger charge is -2.32. The summed E-state index contributed by atoms with van der Waals surface area (Å²) in [6.45, 7) is 2.94. The Morgan fingerprint density at radius 2 is 1.67 bits per heavy atom. The molecule has 1 heterocycles. The smallest absolute Gasteiger partial charge is 0.338 e. The molecular formula is C27H33N3O6. The lowest BCUT2D eigenvalue weighted by Crippen LogP contribution is -2.48. The monoisotopic (exact) mass is 495 g/mol. The second-order valence-electron chi connectivity index (χ2n) is 8.73. The van der Waals surface area contributed by atoms with E-state index in [9.17, 15) is 9.59 Å². The van der Waals surface area contributed by atoms with Crippen LogP contribution in [-0.2, 0) is 16.1 Å². The van der Waals surface area contributed by atoms with Crippen molar-refractivity contribution in [3.05, 3.63) is 64.9 Å². The molecule has 4 rings (SSSR count). The van der Waals surface area contributed by atoms with Gasteiger partial charge >= 0.3 is 12.0 Å². The van der Waals surface area contributed by atoms with E-state index in [1.807, 2.05) is 30.3 Å². The SMILES string of the molecule is CCOC(=O)C1=C(CN(Cc2cc(OC)ccc2OC)C2CC2)NC(=O)NC1c1ccc(OC)cc1. The molecule has 0 bridgehead atoms. The van der Waals surface area contributed by atoms with Crippen molar-refractivity contribution in [3.63, 3.8) is 0 Å². The highest BCUT2D eigenvalue weighted by Crippen LogP contribution is 2.35. The molecule has 192 valence electrons. The Balaban J connectivity index is 1.70. The number of nitrogens with one attached hydrogen (secondary N) is 2. The predicted octanol–water partition coefficient (Wildman–Crippen LogP) is 3.55. The number of rotatable bonds is 11. The van der Waals surface area contributed by atoms with E-state index < -0.39 is 12.0 Å². The maximum absolute atomic E-state index is 13.2. The molecule has 9 heteroatoms. The Morgan fingerprint density at radius 1 is 0.972 bits per heavy atom. The molecule has 0 saturated heterocycles. The number of hydrogen-bond donors (Lipinski definition) is 2. The molecule has 1 atom stereocenters. The van der Waals surface area contributed by atoms with Crippen LogP contribution in [0.3, 0.4) is 0 Å². The first-order valence-electron chi connectivity index (χ1n) is 12.0. The van der Waals surface area contributed by atoms with Crippen LogP contribution in [0, 0.1) is 0 Å². The fourth-order valence-electron chi connectivity index (χ4n) is 4.42. The van der Waals surface area contributed by atoms with Crippen molar-refractivity contribution in [2.24, 2.45) is 0 Å². The number of ether oxygens (including phenoxy) is 4. The first kappa shape index (κ1) is 25.4. The lowest BCUT2D eigenvalue weighted by molar-refractivity contribution is -0.139. The highest BCUT2D eigenvalue weighted by atomic mass is 16.5. The van der Waals surface area contributed by atoms with Crippen LogP contribution in [0.5, 0.6) is 17.2 Å². The quantitative estimate of drug-likeness (QED) is 0.460. The third-order valence-corrected chi connectivity index (χ3v) is 6.38. The minimum absolute atomic E-state index is 0.228. The third-order valence-electron chi connectivity index (χ3n) is 6.38. The summed E-state index contributed by atoms with van der Waals surface area (Å²) in [5.41, 5.74) is 2.66. The Kier molecular flexibility index (Phi) is 8.00. The van der Waals surface area contributed by atoms with Crippen LogP contribution < -0.4 is 24.8 Å². The fraction of sp³-hybridized carbons (Fsp3) is 0.407. The van der Waals surface area contributed by atoms with E-state index in [0.29, 0.717) is 36.2 Å². The first-order chi connectivity index (χ1) is 17.5. The summed E-state index contributed by atoms with van der Waals surface area (Å²) in [4.78, 5) is 28.2. The van der Waals surface area contributed by atoms with Gasteiger partial charge in [0, 0.05) is 30.4 Å². The summed E-state index contributed by atoms with van der Waals surface area (Å²) < 4.78 is 21.7. The molecule has 1 aliphatic carbocycles. The van der Waals surface area contributed by atoms with E-state index in [4.69, 9.17) is 18.9 Å². The van der Waals surface area contributed by atoms with E-state index in [0.717, 1.165) is 35.5 Å². The molecule has 1 aliphatic heterocycles. The number of nitrogens with zero attached hydrogens (tertiary/aromatic N) is 1. The Hall–Kier alpha value is -3.72. The van der Waals surface area contributed by atoms with Gasteiger partial charge in [-0.05, 0) is 55.7 Å². The van der Waals surface area contributed by atoms with Gasteiger partial charge < -0.3 is 29.6 Å². The van der Waals surface area contributed by atoms with E-state index in [2.05, 4.69) is 15.5 Å². The number of urea groups is 1. The maximum Gasteiger partial charge on any atom is 0.338 e. The molecule has 1 saturated carbocycles. The molecule has 0 spiro atoms. The standard InChI is InChI=1S/C27H33N3O6/c1-5-36-26(31)24-22(28-27(32)29-25(24)17-6-10-20(33-2)11-7-17)16-30(19-8-9-19)15-18-14-21(34-3)12-13-23(18)35-4/h6-7,10-14,19,25H,5,8-9,15-16H2,1-4H3,(H2,28,29,32). The molecule has 2 aliphatic rings. The van der Waals surface area contributed by atoms with Crippen molar-refractivity contribution < 1.29 is 28.5 Å². The summed E-state index contributed by atoms with van der Waals surface area (Å²) in [6, 6.07) is 12.3. The zero-order valence-corrected chi connectivity index (χ0v) is 21.1. The Labute approximate surface area is 211 Å². The Morgan fingerprint density at radius 3 is 2.28 bits per heavy atom. The highest BCUT2D eigenvalue weighted by molar-refractivity contribution is 5.95. The molecule has 2 aromatic rings. The maximum atomic E-state index is 13.2. The largest absolute Gasteiger partial charge is 0.497 e. The number of methoxy groups -OCH3 is 3. The van der Waals surface area contributed by atoms with Crippen LogP contribution in [0.1, 0.15) is 36.9 Å². The van der Waals surface area contributed by atoms with Gasteiger partial charge in [-0.25, -0.2) is 9.59 Å². The van der Waals surface area contributed by atoms with Crippen molar-refractivity contribution in [1.82, 2.24) is 15.5 Å². The van der Waals surface area contributed by atoms with Gasteiger partial charge in [0.2, 0.25) is 0 Å². The van der Waals surface area contributed by atoms with Crippen LogP contribution >= 0.6 is 0 Å². The van der Waals surface area contributed by atoms with Crippen molar-refractivity contribution in [2.75, 3.05) is 34.5 Å². The van der Waals surface area contributed by atoms with Gasteiger partial charge in [0.05, 0.1) is 39.6 Å². The van der Waals surface area contributed by atoms with Crippen LogP contribution in [-0.4, -0.2) is 57.4 Å². The average molecular weight is 496 g/mol. The summed E-state index contributed by atoms with van der Waals surface area (Å²) >= 11 is 0. The lowest BCUT2D eigenvalue weighted by atomic mass is 9.94. The predicted molar refractivity (Wildman–Crippen MR) is 134 cm³/mol. The average Bonchev–Trinajstić information content (AvgIpc) is 3.73. The minimum atomic E-state index is -0.647. The number of esters is 1. The van der Waals surface area contributed by atoms with Crippen LogP contribution in [0.2, 0.25) is 0 Å². The third kappa shape index (κ3) is 5.73. The molecule has 36 heavy (non-hydrogen) atoms. The van der Waals surface area contributed by atoms with Crippen LogP contribution in [0.15, 0.2) is 53.7 Å². The van der Waals surface area contributed by atoms with Crippen LogP contribution in [0.4, 0.5) is 4.79 Å². The van der Waals surface area contributed by atoms with Gasteiger partial charge in [-0.3, -0.25) is 4.90 Å². The molecule has 2 aromatic carbocycles. The summed E-state index contributed by atoms with van der Waals surface area (Å²) in [5, 5.41) is 5.77. The van der Waals surface area contributed by atoms with Crippen molar-refractivity contribution in [2.45, 2.75) is 38.4 Å². The number of hydrogen-bond acceptors (Lipinski definition) is 7. The number of benzene rings is 2. The molecule has 0 aromatic heterocycles. The molecule has 1 fully saturated rings. The number of amides is 2. The second kappa shape index (κ2) is 11.3. The topological polar surface area (TPSA) is 98.4 Å². The normalized spacial score (nSPS) is 17.4. The van der Waals surface area contributed by atoms with Gasteiger partial charge in [0.1, 0.15) is 17.2 Å². The molecule has 2 N–H and O–H groups in total. The van der Waals surface area contributed by atoms with Crippen molar-refractivity contribution in [1.29, 1.82) is 0 Å². The van der Waals surface area contributed by atoms with E-state index in [1.165, 1.54) is 0 Å². The number of carbonyl (C=O) groups excluding carboxylic acids is 2. The summed E-state index contributed by atoms with van der Waals surface area (Å²) in [6.07, 6.45) is 2.09. The van der Waals surface area contributed by atoms with Gasteiger partial charge in [-0.1, -0.05) is 12.1 Å². The fourth-order valence-corrected chi connectivity index (χ4v) is 4.42. The highest BCUT2D eigenvalue weighted by Gasteiger charge is 2.37. The molecule has 9 nitrogen and oxygen atoms in total. The van der Waals surface area contributed by atoms with Crippen LogP contribution in [0.25, 0.3) is 0 Å².